The van der Waals surface area contributed by atoms with Crippen molar-refractivity contribution in [1.82, 2.24) is 0 Å². The highest BCUT2D eigenvalue weighted by Crippen LogP contribution is 2.37. The molecule has 0 aromatic heterocycles. The highest BCUT2D eigenvalue weighted by atomic mass is 32.2. The van der Waals surface area contributed by atoms with Crippen LogP contribution < -0.4 is 19.5 Å². The lowest BCUT2D eigenvalue weighted by atomic mass is 10.1. The number of carbonyl (C=O) groups excluding carboxylic acids is 1. The number of anilines is 2. The van der Waals surface area contributed by atoms with Crippen LogP contribution in [0.2, 0.25) is 0 Å². The second-order valence-electron chi connectivity index (χ2n) is 6.54. The third-order valence-electron chi connectivity index (χ3n) is 4.32. The lowest BCUT2D eigenvalue weighted by molar-refractivity contribution is -0.131. The fourth-order valence-corrected chi connectivity index (χ4v) is 4.22. The normalized spacial score (nSPS) is 11.2. The van der Waals surface area contributed by atoms with Gasteiger partial charge in [0.15, 0.2) is 11.5 Å². The van der Waals surface area contributed by atoms with Crippen LogP contribution in [0, 0.1) is 0 Å². The van der Waals surface area contributed by atoms with Gasteiger partial charge in [-0.05, 0) is 55.8 Å². The van der Waals surface area contributed by atoms with E-state index in [1.165, 1.54) is 44.6 Å². The van der Waals surface area contributed by atoms with Gasteiger partial charge in [-0.1, -0.05) is 0 Å². The van der Waals surface area contributed by atoms with E-state index >= 15 is 0 Å². The van der Waals surface area contributed by atoms with Gasteiger partial charge < -0.3 is 24.6 Å². The molecule has 0 atom stereocenters. The van der Waals surface area contributed by atoms with Crippen LogP contribution >= 0.6 is 0 Å². The molecule has 11 heteroatoms. The Labute approximate surface area is 192 Å². The molecule has 0 saturated carbocycles. The highest BCUT2D eigenvalue weighted by molar-refractivity contribution is 7.92. The minimum absolute atomic E-state index is 0.0657. The standard InChI is InChI=1S/C22H26N2O8S/c1-5-23-16-9-8-15(22(27)32-6-2)13-17(16)24-33(28,29)19-12-14(7-10-20(25)26)11-18(30-3)21(19)31-4/h7-13,23-24H,5-6H2,1-4H3,(H,25,26)/b10-7+. The van der Waals surface area contributed by atoms with E-state index in [9.17, 15) is 18.0 Å². The smallest absolute Gasteiger partial charge is 0.338 e. The Morgan fingerprint density at radius 3 is 2.36 bits per heavy atom. The second kappa shape index (κ2) is 11.2. The van der Waals surface area contributed by atoms with Gasteiger partial charge in [0, 0.05) is 12.6 Å². The topological polar surface area (TPSA) is 140 Å². The Morgan fingerprint density at radius 1 is 1.06 bits per heavy atom. The number of carbonyl (C=O) groups is 2. The Hall–Kier alpha value is -3.73. The van der Waals surface area contributed by atoms with Crippen molar-refractivity contribution in [2.75, 3.05) is 37.4 Å². The van der Waals surface area contributed by atoms with Gasteiger partial charge in [-0.2, -0.15) is 0 Å². The molecule has 0 radical (unpaired) electrons. The SMILES string of the molecule is CCNc1ccc(C(=O)OCC)cc1NS(=O)(=O)c1cc(/C=C/C(=O)O)cc(OC)c1OC. The average Bonchev–Trinajstić information content (AvgIpc) is 2.78. The summed E-state index contributed by atoms with van der Waals surface area (Å²) < 4.78 is 44.7. The molecule has 0 aliphatic heterocycles. The van der Waals surface area contributed by atoms with E-state index in [0.29, 0.717) is 12.2 Å². The summed E-state index contributed by atoms with van der Waals surface area (Å²) in [6.45, 7) is 4.17. The number of sulfonamides is 1. The maximum atomic E-state index is 13.4. The van der Waals surface area contributed by atoms with Gasteiger partial charge in [0.05, 0.1) is 37.8 Å². The zero-order valence-electron chi connectivity index (χ0n) is 18.7. The predicted octanol–water partition coefficient (Wildman–Crippen LogP) is 3.21. The van der Waals surface area contributed by atoms with Crippen molar-refractivity contribution in [2.45, 2.75) is 18.7 Å². The molecule has 2 aromatic carbocycles. The first-order chi connectivity index (χ1) is 15.7. The minimum atomic E-state index is -4.27. The Kier molecular flexibility index (Phi) is 8.69. The number of carboxylic acids is 1. The summed E-state index contributed by atoms with van der Waals surface area (Å²) >= 11 is 0. The number of esters is 1. The molecule has 10 nitrogen and oxygen atoms in total. The molecule has 0 unspecified atom stereocenters. The molecule has 0 fully saturated rings. The first-order valence-electron chi connectivity index (χ1n) is 9.91. The predicted molar refractivity (Wildman–Crippen MR) is 124 cm³/mol. The van der Waals surface area contributed by atoms with Crippen LogP contribution in [-0.4, -0.2) is 52.8 Å². The molecule has 0 spiro atoms. The van der Waals surface area contributed by atoms with Crippen LogP contribution in [0.25, 0.3) is 6.08 Å². The summed E-state index contributed by atoms with van der Waals surface area (Å²) in [5, 5.41) is 11.9. The maximum Gasteiger partial charge on any atom is 0.338 e. The van der Waals surface area contributed by atoms with E-state index in [0.717, 1.165) is 6.08 Å². The molecule has 0 amide bonds. The first kappa shape index (κ1) is 25.5. The third-order valence-corrected chi connectivity index (χ3v) is 5.69. The van der Waals surface area contributed by atoms with Crippen molar-refractivity contribution in [2.24, 2.45) is 0 Å². The number of benzene rings is 2. The largest absolute Gasteiger partial charge is 0.493 e. The molecular formula is C22H26N2O8S. The quantitative estimate of drug-likeness (QED) is 0.328. The molecule has 3 N–H and O–H groups in total. The van der Waals surface area contributed by atoms with Crippen LogP contribution in [0.3, 0.4) is 0 Å². The molecule has 0 aliphatic carbocycles. The third kappa shape index (κ3) is 6.39. The number of nitrogens with one attached hydrogen (secondary N) is 2. The van der Waals surface area contributed by atoms with Crippen LogP contribution in [0.1, 0.15) is 29.8 Å². The molecule has 0 bridgehead atoms. The van der Waals surface area contributed by atoms with Crippen molar-refractivity contribution >= 4 is 39.4 Å². The minimum Gasteiger partial charge on any atom is -0.493 e. The summed E-state index contributed by atoms with van der Waals surface area (Å²) in [6, 6.07) is 7.16. The summed E-state index contributed by atoms with van der Waals surface area (Å²) in [7, 11) is -1.66. The van der Waals surface area contributed by atoms with Crippen molar-refractivity contribution in [3.63, 3.8) is 0 Å². The van der Waals surface area contributed by atoms with Crippen LogP contribution in [0.15, 0.2) is 41.3 Å². The van der Waals surface area contributed by atoms with Crippen molar-refractivity contribution in [3.8, 4) is 11.5 Å². The van der Waals surface area contributed by atoms with E-state index in [1.54, 1.807) is 13.0 Å². The summed E-state index contributed by atoms with van der Waals surface area (Å²) in [5.74, 6) is -1.76. The lowest BCUT2D eigenvalue weighted by Gasteiger charge is -2.18. The zero-order valence-corrected chi connectivity index (χ0v) is 19.5. The van der Waals surface area contributed by atoms with Crippen molar-refractivity contribution in [1.29, 1.82) is 0 Å². The van der Waals surface area contributed by atoms with Gasteiger partial charge in [0.1, 0.15) is 4.90 Å². The van der Waals surface area contributed by atoms with Crippen LogP contribution in [0.5, 0.6) is 11.5 Å². The van der Waals surface area contributed by atoms with Gasteiger partial charge in [-0.25, -0.2) is 18.0 Å². The fourth-order valence-electron chi connectivity index (χ4n) is 2.93. The zero-order chi connectivity index (χ0) is 24.6. The number of hydrogen-bond donors (Lipinski definition) is 3. The summed E-state index contributed by atoms with van der Waals surface area (Å²) in [4.78, 5) is 22.8. The molecular weight excluding hydrogens is 452 g/mol. The molecule has 33 heavy (non-hydrogen) atoms. The Bertz CT molecular complexity index is 1160. The number of carboxylic acid groups (broad SMARTS) is 1. The summed E-state index contributed by atoms with van der Waals surface area (Å²) in [5.41, 5.74) is 0.999. The molecule has 2 aromatic rings. The first-order valence-corrected chi connectivity index (χ1v) is 11.4. The molecule has 0 aliphatic rings. The fraction of sp³-hybridized carbons (Fsp3) is 0.273. The van der Waals surface area contributed by atoms with Crippen molar-refractivity contribution in [3.05, 3.63) is 47.5 Å². The number of ether oxygens (including phenoxy) is 3. The highest BCUT2D eigenvalue weighted by Gasteiger charge is 2.25. The average molecular weight is 479 g/mol. The van der Waals surface area contributed by atoms with Gasteiger partial charge in [0.25, 0.3) is 10.0 Å². The van der Waals surface area contributed by atoms with E-state index in [-0.39, 0.29) is 39.8 Å². The molecule has 178 valence electrons. The van der Waals surface area contributed by atoms with Gasteiger partial charge in [-0.3, -0.25) is 4.72 Å². The van der Waals surface area contributed by atoms with Crippen LogP contribution in [-0.2, 0) is 19.6 Å². The van der Waals surface area contributed by atoms with Gasteiger partial charge in [-0.15, -0.1) is 0 Å². The van der Waals surface area contributed by atoms with E-state index in [4.69, 9.17) is 19.3 Å². The molecule has 2 rings (SSSR count). The number of methoxy groups -OCH3 is 2. The van der Waals surface area contributed by atoms with Crippen molar-refractivity contribution < 1.29 is 37.3 Å². The number of aliphatic carboxylic acids is 1. The monoisotopic (exact) mass is 478 g/mol. The Balaban J connectivity index is 2.62. The van der Waals surface area contributed by atoms with E-state index in [2.05, 4.69) is 10.0 Å². The van der Waals surface area contributed by atoms with E-state index in [1.807, 2.05) is 6.92 Å². The molecule has 0 heterocycles. The van der Waals surface area contributed by atoms with E-state index < -0.39 is 22.0 Å². The number of hydrogen-bond acceptors (Lipinski definition) is 8. The molecule has 0 saturated heterocycles. The summed E-state index contributed by atoms with van der Waals surface area (Å²) in [6.07, 6.45) is 2.10. The second-order valence-corrected chi connectivity index (χ2v) is 8.19. The van der Waals surface area contributed by atoms with Gasteiger partial charge >= 0.3 is 11.9 Å². The van der Waals surface area contributed by atoms with Gasteiger partial charge in [0.2, 0.25) is 0 Å². The lowest BCUT2D eigenvalue weighted by Crippen LogP contribution is -2.17. The Morgan fingerprint density at radius 2 is 1.79 bits per heavy atom. The number of rotatable bonds is 11. The van der Waals surface area contributed by atoms with Crippen LogP contribution in [0.4, 0.5) is 11.4 Å². The maximum absolute atomic E-state index is 13.4.